The number of benzene rings is 2. The van der Waals surface area contributed by atoms with Gasteiger partial charge in [0.1, 0.15) is 0 Å². The summed E-state index contributed by atoms with van der Waals surface area (Å²) in [5, 5.41) is 0. The van der Waals surface area contributed by atoms with Gasteiger partial charge in [-0.25, -0.2) is 9.97 Å². The molecule has 0 saturated heterocycles. The van der Waals surface area contributed by atoms with Crippen molar-refractivity contribution >= 4 is 33.8 Å². The molecule has 0 radical (unpaired) electrons. The largest absolute Gasteiger partial charge is 0.380 e. The van der Waals surface area contributed by atoms with Gasteiger partial charge in [0.25, 0.3) is 0 Å². The fraction of sp³-hybridized carbons (Fsp3) is 0.152. The molecule has 1 aliphatic rings. The van der Waals surface area contributed by atoms with Gasteiger partial charge in [-0.2, -0.15) is 26.3 Å². The predicted octanol–water partition coefficient (Wildman–Crippen LogP) is 9.96. The summed E-state index contributed by atoms with van der Waals surface area (Å²) in [5.74, 6) is -15.9. The van der Waals surface area contributed by atoms with Gasteiger partial charge in [-0.05, 0) is 72.5 Å². The van der Waals surface area contributed by atoms with Crippen LogP contribution in [0, 0.1) is 13.8 Å². The van der Waals surface area contributed by atoms with Crippen LogP contribution in [0.15, 0.2) is 98.1 Å². The van der Waals surface area contributed by atoms with E-state index in [-0.39, 0.29) is 20.9 Å². The van der Waals surface area contributed by atoms with Gasteiger partial charge in [-0.1, -0.05) is 24.3 Å². The molecule has 4 nitrogen and oxygen atoms in total. The van der Waals surface area contributed by atoms with Gasteiger partial charge in [0, 0.05) is 66.8 Å². The summed E-state index contributed by atoms with van der Waals surface area (Å²) in [5.41, 5.74) is -0.440. The highest BCUT2D eigenvalue weighted by atomic mass is 32.1. The summed E-state index contributed by atoms with van der Waals surface area (Å²) in [4.78, 5) is 9.45. The zero-order valence-electron chi connectivity index (χ0n) is 23.6. The molecule has 0 atom stereocenters. The molecule has 1 aliphatic carbocycles. The first-order chi connectivity index (χ1) is 21.4. The molecule has 4 aromatic heterocycles. The van der Waals surface area contributed by atoms with Crippen molar-refractivity contribution in [3.05, 3.63) is 119 Å². The first-order valence-corrected chi connectivity index (χ1v) is 15.3. The Morgan fingerprint density at radius 2 is 0.956 bits per heavy atom. The van der Waals surface area contributed by atoms with Gasteiger partial charge < -0.3 is 9.13 Å². The molecule has 0 saturated carbocycles. The maximum Gasteiger partial charge on any atom is 0.380 e. The molecule has 12 heteroatoms. The lowest BCUT2D eigenvalue weighted by Gasteiger charge is -2.25. The number of nitrogens with zero attached hydrogens (tertiary/aromatic N) is 4. The van der Waals surface area contributed by atoms with E-state index in [2.05, 4.69) is 9.97 Å². The number of allylic oxidation sites excluding steroid dienone is 2. The number of halogens is 6. The van der Waals surface area contributed by atoms with Crippen LogP contribution >= 0.6 is 22.7 Å². The van der Waals surface area contributed by atoms with Gasteiger partial charge in [-0.15, -0.1) is 22.7 Å². The molecule has 4 heterocycles. The number of hydrogen-bond donors (Lipinski definition) is 0. The van der Waals surface area contributed by atoms with Gasteiger partial charge in [0.15, 0.2) is 0 Å². The van der Waals surface area contributed by atoms with Crippen LogP contribution in [-0.2, 0) is 0 Å². The number of aromatic nitrogens is 4. The standard InChI is InChI=1S/C33H22F6N4S2/c1-19-25(15-27(44-19)21-3-7-23(8-4-21)42-13-11-40-17-42)29-30(32(36,37)33(38,39)31(29,34)35)26-16-28(45-20(26)2)22-5-9-24(10-6-22)43-14-12-41-18-43/h3-18H,1-2H3. The van der Waals surface area contributed by atoms with E-state index in [0.717, 1.165) is 34.0 Å². The Balaban J connectivity index is 1.34. The van der Waals surface area contributed by atoms with Gasteiger partial charge in [-0.3, -0.25) is 0 Å². The minimum absolute atomic E-state index is 0.229. The number of rotatable bonds is 6. The van der Waals surface area contributed by atoms with Crippen molar-refractivity contribution in [2.75, 3.05) is 0 Å². The smallest absolute Gasteiger partial charge is 0.306 e. The Morgan fingerprint density at radius 3 is 1.29 bits per heavy atom. The van der Waals surface area contributed by atoms with Crippen molar-refractivity contribution in [3.63, 3.8) is 0 Å². The summed E-state index contributed by atoms with van der Waals surface area (Å²) in [6, 6.07) is 16.8. The number of thiophene rings is 2. The van der Waals surface area contributed by atoms with E-state index in [4.69, 9.17) is 0 Å². The van der Waals surface area contributed by atoms with Crippen LogP contribution in [-0.4, -0.2) is 36.9 Å². The lowest BCUT2D eigenvalue weighted by Crippen LogP contribution is -2.48. The van der Waals surface area contributed by atoms with E-state index in [1.807, 2.05) is 0 Å². The van der Waals surface area contributed by atoms with Crippen molar-refractivity contribution in [3.8, 4) is 32.3 Å². The van der Waals surface area contributed by atoms with Crippen molar-refractivity contribution in [2.24, 2.45) is 0 Å². The van der Waals surface area contributed by atoms with Crippen LogP contribution in [0.2, 0.25) is 0 Å². The number of alkyl halides is 6. The molecule has 0 aliphatic heterocycles. The van der Waals surface area contributed by atoms with Gasteiger partial charge >= 0.3 is 17.8 Å². The first-order valence-electron chi connectivity index (χ1n) is 13.7. The average Bonchev–Trinajstić information content (AvgIpc) is 3.85. The molecular formula is C33H22F6N4S2. The zero-order chi connectivity index (χ0) is 31.7. The minimum Gasteiger partial charge on any atom is -0.306 e. The number of imidazole rings is 2. The monoisotopic (exact) mass is 652 g/mol. The second-order valence-electron chi connectivity index (χ2n) is 10.7. The Hall–Kier alpha value is -4.42. The minimum atomic E-state index is -5.63. The van der Waals surface area contributed by atoms with Crippen LogP contribution < -0.4 is 0 Å². The van der Waals surface area contributed by atoms with Gasteiger partial charge in [0.05, 0.1) is 12.7 Å². The maximum atomic E-state index is 15.6. The van der Waals surface area contributed by atoms with E-state index in [9.17, 15) is 0 Å². The molecule has 228 valence electrons. The third-order valence-corrected chi connectivity index (χ3v) is 10.1. The molecule has 0 N–H and O–H groups in total. The van der Waals surface area contributed by atoms with E-state index in [1.54, 1.807) is 95.1 Å². The third kappa shape index (κ3) is 4.49. The Labute approximate surface area is 261 Å². The molecule has 2 aromatic carbocycles. The molecule has 6 aromatic rings. The van der Waals surface area contributed by atoms with Gasteiger partial charge in [0.2, 0.25) is 0 Å². The molecule has 0 amide bonds. The highest BCUT2D eigenvalue weighted by Gasteiger charge is 2.80. The van der Waals surface area contributed by atoms with Crippen molar-refractivity contribution < 1.29 is 26.3 Å². The summed E-state index contributed by atoms with van der Waals surface area (Å²) in [6.45, 7) is 2.96. The summed E-state index contributed by atoms with van der Waals surface area (Å²) >= 11 is 2.16. The maximum absolute atomic E-state index is 15.6. The Bertz CT molecular complexity index is 1890. The highest BCUT2D eigenvalue weighted by molar-refractivity contribution is 7.16. The lowest BCUT2D eigenvalue weighted by atomic mass is 9.94. The lowest BCUT2D eigenvalue weighted by molar-refractivity contribution is -0.254. The molecule has 7 rings (SSSR count). The van der Waals surface area contributed by atoms with Crippen LogP contribution in [0.3, 0.4) is 0 Å². The van der Waals surface area contributed by atoms with E-state index in [1.165, 1.54) is 26.0 Å². The molecular weight excluding hydrogens is 631 g/mol. The first kappa shape index (κ1) is 29.3. The molecule has 0 spiro atoms. The van der Waals surface area contributed by atoms with Crippen LogP contribution in [0.25, 0.3) is 43.4 Å². The third-order valence-electron chi connectivity index (χ3n) is 7.95. The fourth-order valence-corrected chi connectivity index (χ4v) is 7.66. The summed E-state index contributed by atoms with van der Waals surface area (Å²) < 4.78 is 96.4. The Kier molecular flexibility index (Phi) is 6.71. The van der Waals surface area contributed by atoms with E-state index >= 15 is 26.3 Å². The van der Waals surface area contributed by atoms with Crippen molar-refractivity contribution in [1.82, 2.24) is 19.1 Å². The van der Waals surface area contributed by atoms with Crippen LogP contribution in [0.4, 0.5) is 26.3 Å². The second kappa shape index (κ2) is 10.3. The highest BCUT2D eigenvalue weighted by Crippen LogP contribution is 2.66. The number of hydrogen-bond acceptors (Lipinski definition) is 4. The normalized spacial score (nSPS) is 16.9. The van der Waals surface area contributed by atoms with Crippen molar-refractivity contribution in [1.29, 1.82) is 0 Å². The van der Waals surface area contributed by atoms with E-state index in [0.29, 0.717) is 20.9 Å². The summed E-state index contributed by atoms with van der Waals surface area (Å²) in [7, 11) is 0. The number of aryl methyl sites for hydroxylation is 2. The van der Waals surface area contributed by atoms with Crippen LogP contribution in [0.5, 0.6) is 0 Å². The van der Waals surface area contributed by atoms with Crippen LogP contribution in [0.1, 0.15) is 20.9 Å². The second-order valence-corrected chi connectivity index (χ2v) is 13.2. The molecule has 0 unspecified atom stereocenters. The average molecular weight is 653 g/mol. The van der Waals surface area contributed by atoms with E-state index < -0.39 is 28.9 Å². The Morgan fingerprint density at radius 1 is 0.578 bits per heavy atom. The topological polar surface area (TPSA) is 35.6 Å². The SMILES string of the molecule is Cc1sc(-c2ccc(-n3ccnc3)cc2)cc1C1=C(c2cc(-c3ccc(-n4ccnc4)cc3)sc2C)C(F)(F)C(F)(F)C1(F)F. The molecule has 45 heavy (non-hydrogen) atoms. The predicted molar refractivity (Wildman–Crippen MR) is 165 cm³/mol. The fourth-order valence-electron chi connectivity index (χ4n) is 5.60. The molecule has 0 fully saturated rings. The van der Waals surface area contributed by atoms with Crippen molar-refractivity contribution in [2.45, 2.75) is 31.6 Å². The summed E-state index contributed by atoms with van der Waals surface area (Å²) in [6.07, 6.45) is 10.00. The zero-order valence-corrected chi connectivity index (χ0v) is 25.2. The molecule has 0 bridgehead atoms. The quantitative estimate of drug-likeness (QED) is 0.168.